The van der Waals surface area contributed by atoms with Gasteiger partial charge < -0.3 is 4.98 Å². The minimum atomic E-state index is -4.80. The molecule has 0 bridgehead atoms. The van der Waals surface area contributed by atoms with E-state index in [1.165, 1.54) is 0 Å². The molecule has 2 aromatic rings. The van der Waals surface area contributed by atoms with Gasteiger partial charge in [0.05, 0.1) is 0 Å². The number of halogens is 3. The summed E-state index contributed by atoms with van der Waals surface area (Å²) in [6.07, 6.45) is 1.19. The Labute approximate surface area is 97.7 Å². The van der Waals surface area contributed by atoms with Crippen molar-refractivity contribution in [2.24, 2.45) is 0 Å². The molecule has 2 aromatic heterocycles. The van der Waals surface area contributed by atoms with E-state index < -0.39 is 28.4 Å². The number of fused-ring (bicyclic) bond motifs is 1. The fourth-order valence-corrected chi connectivity index (χ4v) is 1.52. The lowest BCUT2D eigenvalue weighted by Gasteiger charge is -2.11. The molecule has 0 radical (unpaired) electrons. The number of nitrogens with one attached hydrogen (secondary N) is 1. The molecule has 4 nitrogen and oxygen atoms in total. The van der Waals surface area contributed by atoms with Crippen molar-refractivity contribution in [3.63, 3.8) is 0 Å². The summed E-state index contributed by atoms with van der Waals surface area (Å²) in [4.78, 5) is 24.8. The van der Waals surface area contributed by atoms with Crippen LogP contribution in [0.25, 0.3) is 5.65 Å². The number of nitrogens with zero attached hydrogens (tertiary/aromatic N) is 1. The zero-order valence-electron chi connectivity index (χ0n) is 8.71. The summed E-state index contributed by atoms with van der Waals surface area (Å²) >= 11 is 0. The van der Waals surface area contributed by atoms with Gasteiger partial charge >= 0.3 is 6.18 Å². The third-order valence-electron chi connectivity index (χ3n) is 2.29. The second kappa shape index (κ2) is 3.77. The zero-order valence-corrected chi connectivity index (χ0v) is 8.71. The molecule has 0 aliphatic carbocycles. The van der Waals surface area contributed by atoms with Crippen molar-refractivity contribution in [1.82, 2.24) is 9.38 Å². The van der Waals surface area contributed by atoms with Crippen LogP contribution < -0.4 is 11.0 Å². The Bertz CT molecular complexity index is 778. The minimum absolute atomic E-state index is 0.265. The maximum Gasteiger partial charge on any atom is 0.432 e. The lowest BCUT2D eigenvalue weighted by Crippen LogP contribution is -2.25. The third kappa shape index (κ3) is 1.78. The SMILES string of the molecule is C#Cc1c(C(F)(F)F)[nH]c2cc(=O)ccn2c1=O. The summed E-state index contributed by atoms with van der Waals surface area (Å²) in [5, 5.41) is 0. The Morgan fingerprint density at radius 2 is 2.00 bits per heavy atom. The first kappa shape index (κ1) is 12.0. The van der Waals surface area contributed by atoms with Gasteiger partial charge in [0.1, 0.15) is 16.9 Å². The number of pyridine rings is 1. The van der Waals surface area contributed by atoms with Crippen LogP contribution in [-0.2, 0) is 6.18 Å². The Morgan fingerprint density at radius 3 is 2.56 bits per heavy atom. The van der Waals surface area contributed by atoms with Crippen molar-refractivity contribution in [2.75, 3.05) is 0 Å². The molecular formula is C11H5F3N2O2. The van der Waals surface area contributed by atoms with Crippen LogP contribution in [0.5, 0.6) is 0 Å². The predicted molar refractivity (Wildman–Crippen MR) is 57.2 cm³/mol. The monoisotopic (exact) mass is 254 g/mol. The molecule has 2 rings (SSSR count). The number of alkyl halides is 3. The molecule has 1 N–H and O–H groups in total. The van der Waals surface area contributed by atoms with Crippen LogP contribution in [-0.4, -0.2) is 9.38 Å². The van der Waals surface area contributed by atoms with E-state index in [2.05, 4.69) is 0 Å². The summed E-state index contributed by atoms with van der Waals surface area (Å²) in [6, 6.07) is 1.94. The van der Waals surface area contributed by atoms with Crippen molar-refractivity contribution in [1.29, 1.82) is 0 Å². The molecule has 0 aliphatic heterocycles. The summed E-state index contributed by atoms with van der Waals surface area (Å²) in [5.41, 5.74) is -3.94. The molecule has 0 aliphatic rings. The van der Waals surface area contributed by atoms with E-state index in [1.54, 1.807) is 5.92 Å². The smallest absolute Gasteiger partial charge is 0.336 e. The number of hydrogen-bond donors (Lipinski definition) is 1. The normalized spacial score (nSPS) is 11.4. The van der Waals surface area contributed by atoms with Gasteiger partial charge in [-0.3, -0.25) is 14.0 Å². The predicted octanol–water partition coefficient (Wildman–Crippen LogP) is 0.988. The van der Waals surface area contributed by atoms with Crippen molar-refractivity contribution in [3.05, 3.63) is 50.2 Å². The van der Waals surface area contributed by atoms with Crippen LogP contribution in [0, 0.1) is 12.3 Å². The second-order valence-corrected chi connectivity index (χ2v) is 3.44. The second-order valence-electron chi connectivity index (χ2n) is 3.44. The van der Waals surface area contributed by atoms with Crippen LogP contribution in [0.4, 0.5) is 13.2 Å². The van der Waals surface area contributed by atoms with Gasteiger partial charge in [0.2, 0.25) is 0 Å². The molecule has 92 valence electrons. The van der Waals surface area contributed by atoms with Gasteiger partial charge in [-0.05, 0) is 0 Å². The highest BCUT2D eigenvalue weighted by Crippen LogP contribution is 2.28. The lowest BCUT2D eigenvalue weighted by molar-refractivity contribution is -0.141. The topological polar surface area (TPSA) is 54.3 Å². The van der Waals surface area contributed by atoms with Crippen molar-refractivity contribution < 1.29 is 13.2 Å². The van der Waals surface area contributed by atoms with Gasteiger partial charge in [0.25, 0.3) is 5.56 Å². The first-order valence-electron chi connectivity index (χ1n) is 4.67. The molecule has 0 spiro atoms. The summed E-state index contributed by atoms with van der Waals surface area (Å²) < 4.78 is 38.9. The van der Waals surface area contributed by atoms with Crippen LogP contribution in [0.3, 0.4) is 0 Å². The van der Waals surface area contributed by atoms with E-state index in [4.69, 9.17) is 6.42 Å². The van der Waals surface area contributed by atoms with Gasteiger partial charge in [0, 0.05) is 18.3 Å². The fraction of sp³-hybridized carbons (Fsp3) is 0.0909. The molecule has 0 atom stereocenters. The van der Waals surface area contributed by atoms with Crippen molar-refractivity contribution in [2.45, 2.75) is 6.18 Å². The van der Waals surface area contributed by atoms with E-state index in [-0.39, 0.29) is 5.65 Å². The van der Waals surface area contributed by atoms with Gasteiger partial charge in [0.15, 0.2) is 5.43 Å². The van der Waals surface area contributed by atoms with Gasteiger partial charge in [-0.2, -0.15) is 13.2 Å². The van der Waals surface area contributed by atoms with E-state index in [0.29, 0.717) is 0 Å². The average molecular weight is 254 g/mol. The highest BCUT2D eigenvalue weighted by molar-refractivity contribution is 5.45. The highest BCUT2D eigenvalue weighted by atomic mass is 19.4. The quantitative estimate of drug-likeness (QED) is 0.713. The van der Waals surface area contributed by atoms with Crippen LogP contribution in [0.1, 0.15) is 11.3 Å². The number of terminal acetylenes is 1. The number of H-pyrrole nitrogens is 1. The first-order valence-corrected chi connectivity index (χ1v) is 4.67. The number of aromatic amines is 1. The third-order valence-corrected chi connectivity index (χ3v) is 2.29. The van der Waals surface area contributed by atoms with E-state index in [0.717, 1.165) is 22.7 Å². The maximum absolute atomic E-state index is 12.7. The molecule has 0 saturated heterocycles. The molecule has 0 unspecified atom stereocenters. The van der Waals surface area contributed by atoms with E-state index in [1.807, 2.05) is 4.98 Å². The van der Waals surface area contributed by atoms with Crippen LogP contribution in [0.15, 0.2) is 27.9 Å². The standard InChI is InChI=1S/C11H5F3N2O2/c1-2-7-9(11(12,13)14)15-8-5-6(17)3-4-16(8)10(7)18/h1,3-5,15H. The van der Waals surface area contributed by atoms with Crippen LogP contribution in [0.2, 0.25) is 0 Å². The largest absolute Gasteiger partial charge is 0.432 e. The molecule has 0 saturated carbocycles. The maximum atomic E-state index is 12.7. The Kier molecular flexibility index (Phi) is 2.51. The average Bonchev–Trinajstić information content (AvgIpc) is 2.27. The lowest BCUT2D eigenvalue weighted by atomic mass is 10.2. The van der Waals surface area contributed by atoms with E-state index in [9.17, 15) is 22.8 Å². The molecule has 18 heavy (non-hydrogen) atoms. The number of aromatic nitrogens is 2. The summed E-state index contributed by atoms with van der Waals surface area (Å²) in [6.45, 7) is 0. The molecule has 0 aromatic carbocycles. The summed E-state index contributed by atoms with van der Waals surface area (Å²) in [7, 11) is 0. The molecule has 0 fully saturated rings. The van der Waals surface area contributed by atoms with Crippen molar-refractivity contribution in [3.8, 4) is 12.3 Å². The Hall–Kier alpha value is -2.49. The highest BCUT2D eigenvalue weighted by Gasteiger charge is 2.36. The number of hydrogen-bond acceptors (Lipinski definition) is 2. The molecule has 0 amide bonds. The first-order chi connectivity index (χ1) is 8.34. The van der Waals surface area contributed by atoms with E-state index >= 15 is 0 Å². The Balaban J connectivity index is 3.02. The zero-order chi connectivity index (χ0) is 13.5. The van der Waals surface area contributed by atoms with Crippen LogP contribution >= 0.6 is 0 Å². The van der Waals surface area contributed by atoms with Gasteiger partial charge in [-0.25, -0.2) is 0 Å². The molecular weight excluding hydrogens is 249 g/mol. The van der Waals surface area contributed by atoms with Gasteiger partial charge in [-0.1, -0.05) is 5.92 Å². The van der Waals surface area contributed by atoms with Gasteiger partial charge in [-0.15, -0.1) is 6.42 Å². The Morgan fingerprint density at radius 1 is 1.33 bits per heavy atom. The number of rotatable bonds is 0. The fourth-order valence-electron chi connectivity index (χ4n) is 1.52. The summed E-state index contributed by atoms with van der Waals surface area (Å²) in [5.74, 6) is 1.71. The van der Waals surface area contributed by atoms with Crippen molar-refractivity contribution >= 4 is 5.65 Å². The molecule has 7 heteroatoms. The minimum Gasteiger partial charge on any atom is -0.336 e. The molecule has 2 heterocycles.